The van der Waals surface area contributed by atoms with Gasteiger partial charge in [-0.25, -0.2) is 9.67 Å². The van der Waals surface area contributed by atoms with E-state index in [1.807, 2.05) is 29.2 Å². The number of nitrogens with two attached hydrogens (primary N) is 1. The summed E-state index contributed by atoms with van der Waals surface area (Å²) in [5, 5.41) is 7.85. The second-order valence-electron chi connectivity index (χ2n) is 4.73. The Kier molecular flexibility index (Phi) is 3.31. The van der Waals surface area contributed by atoms with E-state index < -0.39 is 0 Å². The maximum atomic E-state index is 6.12. The first kappa shape index (κ1) is 12.9. The normalized spacial score (nSPS) is 11.1. The first-order chi connectivity index (χ1) is 9.69. The van der Waals surface area contributed by atoms with E-state index in [1.165, 1.54) is 0 Å². The molecule has 0 saturated carbocycles. The lowest BCUT2D eigenvalue weighted by atomic mass is 10.3. The first-order valence-electron chi connectivity index (χ1n) is 6.62. The maximum Gasteiger partial charge on any atom is 0.152 e. The minimum absolute atomic E-state index is 0.711. The molecule has 6 heteroatoms. The molecule has 0 aliphatic rings. The molecule has 0 unspecified atom stereocenters. The molecule has 20 heavy (non-hydrogen) atoms. The molecule has 0 atom stereocenters. The van der Waals surface area contributed by atoms with E-state index in [1.54, 1.807) is 11.3 Å². The first-order valence-corrected chi connectivity index (χ1v) is 7.50. The van der Waals surface area contributed by atoms with Crippen molar-refractivity contribution in [3.05, 3.63) is 29.4 Å². The van der Waals surface area contributed by atoms with Gasteiger partial charge >= 0.3 is 0 Å². The van der Waals surface area contributed by atoms with E-state index in [9.17, 15) is 0 Å². The smallest absolute Gasteiger partial charge is 0.152 e. The lowest BCUT2D eigenvalue weighted by Gasteiger charge is -2.10. The Bertz CT molecular complexity index is 743. The van der Waals surface area contributed by atoms with Gasteiger partial charge < -0.3 is 11.1 Å². The van der Waals surface area contributed by atoms with Crippen LogP contribution in [0.4, 0.5) is 17.2 Å². The number of anilines is 3. The zero-order valence-electron chi connectivity index (χ0n) is 11.6. The second kappa shape index (κ2) is 5.13. The van der Waals surface area contributed by atoms with Gasteiger partial charge in [-0.2, -0.15) is 5.10 Å². The highest BCUT2D eigenvalue weighted by Crippen LogP contribution is 2.28. The molecule has 0 aliphatic heterocycles. The molecule has 3 N–H and O–H groups in total. The van der Waals surface area contributed by atoms with Crippen molar-refractivity contribution in [3.63, 3.8) is 0 Å². The van der Waals surface area contributed by atoms with Crippen LogP contribution >= 0.6 is 11.3 Å². The van der Waals surface area contributed by atoms with Crippen LogP contribution in [0.25, 0.3) is 10.2 Å². The topological polar surface area (TPSA) is 68.8 Å². The van der Waals surface area contributed by atoms with E-state index in [4.69, 9.17) is 5.73 Å². The summed E-state index contributed by atoms with van der Waals surface area (Å²) in [5.74, 6) is 0.869. The zero-order valence-corrected chi connectivity index (χ0v) is 12.4. The van der Waals surface area contributed by atoms with Crippen molar-refractivity contribution in [3.8, 4) is 0 Å². The van der Waals surface area contributed by atoms with Crippen LogP contribution < -0.4 is 11.1 Å². The number of benzene rings is 1. The lowest BCUT2D eigenvalue weighted by Crippen LogP contribution is -2.05. The monoisotopic (exact) mass is 287 g/mol. The van der Waals surface area contributed by atoms with Gasteiger partial charge in [-0.1, -0.05) is 6.92 Å². The quantitative estimate of drug-likeness (QED) is 0.770. The highest BCUT2D eigenvalue weighted by atomic mass is 32.1. The fraction of sp³-hybridized carbons (Fsp3) is 0.286. The largest absolute Gasteiger partial charge is 0.394 e. The van der Waals surface area contributed by atoms with E-state index >= 15 is 0 Å². The van der Waals surface area contributed by atoms with E-state index in [2.05, 4.69) is 28.4 Å². The van der Waals surface area contributed by atoms with E-state index in [0.717, 1.165) is 40.4 Å². The zero-order chi connectivity index (χ0) is 14.1. The average Bonchev–Trinajstić information content (AvgIpc) is 2.99. The SMILES string of the molecule is CCCn1nc(C)c(N)c1Nc1ccc2ncsc2c1. The van der Waals surface area contributed by atoms with Crippen LogP contribution in [-0.2, 0) is 6.54 Å². The van der Waals surface area contributed by atoms with Crippen molar-refractivity contribution in [2.24, 2.45) is 0 Å². The molecule has 0 amide bonds. The Balaban J connectivity index is 1.97. The fourth-order valence-electron chi connectivity index (χ4n) is 2.17. The number of aryl methyl sites for hydroxylation is 2. The molecule has 0 fully saturated rings. The van der Waals surface area contributed by atoms with Gasteiger partial charge in [0.2, 0.25) is 0 Å². The third-order valence-corrected chi connectivity index (χ3v) is 3.99. The van der Waals surface area contributed by atoms with Gasteiger partial charge in [0, 0.05) is 12.2 Å². The number of nitrogens with one attached hydrogen (secondary N) is 1. The highest BCUT2D eigenvalue weighted by molar-refractivity contribution is 7.16. The Hall–Kier alpha value is -2.08. The molecule has 3 aromatic rings. The molecule has 0 bridgehead atoms. The van der Waals surface area contributed by atoms with Crippen LogP contribution in [0.2, 0.25) is 0 Å². The molecular weight excluding hydrogens is 270 g/mol. The summed E-state index contributed by atoms with van der Waals surface area (Å²) < 4.78 is 3.09. The Morgan fingerprint density at radius 3 is 3.05 bits per heavy atom. The summed E-state index contributed by atoms with van der Waals surface area (Å²) in [7, 11) is 0. The van der Waals surface area contributed by atoms with Crippen LogP contribution in [0, 0.1) is 6.92 Å². The van der Waals surface area contributed by atoms with Gasteiger partial charge in [-0.15, -0.1) is 11.3 Å². The molecule has 3 rings (SSSR count). The van der Waals surface area contributed by atoms with Crippen molar-refractivity contribution < 1.29 is 0 Å². The van der Waals surface area contributed by atoms with Crippen LogP contribution in [0.1, 0.15) is 19.0 Å². The van der Waals surface area contributed by atoms with Gasteiger partial charge in [0.1, 0.15) is 0 Å². The van der Waals surface area contributed by atoms with Crippen LogP contribution in [0.15, 0.2) is 23.7 Å². The predicted octanol–water partition coefficient (Wildman–Crippen LogP) is 3.54. The van der Waals surface area contributed by atoms with Crippen LogP contribution in [0.3, 0.4) is 0 Å². The van der Waals surface area contributed by atoms with Crippen molar-refractivity contribution in [1.82, 2.24) is 14.8 Å². The third kappa shape index (κ3) is 2.22. The fourth-order valence-corrected chi connectivity index (χ4v) is 2.89. The third-order valence-electron chi connectivity index (χ3n) is 3.20. The summed E-state index contributed by atoms with van der Waals surface area (Å²) in [5.41, 5.74) is 11.6. The number of thiazole rings is 1. The van der Waals surface area contributed by atoms with Crippen LogP contribution in [0.5, 0.6) is 0 Å². The Morgan fingerprint density at radius 2 is 2.25 bits per heavy atom. The minimum atomic E-state index is 0.711. The average molecular weight is 287 g/mol. The van der Waals surface area contributed by atoms with Crippen molar-refractivity contribution in [1.29, 1.82) is 0 Å². The number of fused-ring (bicyclic) bond motifs is 1. The molecule has 5 nitrogen and oxygen atoms in total. The summed E-state index contributed by atoms with van der Waals surface area (Å²) in [6, 6.07) is 6.11. The van der Waals surface area contributed by atoms with E-state index in [0.29, 0.717) is 5.69 Å². The number of rotatable bonds is 4. The summed E-state index contributed by atoms with van der Waals surface area (Å²) in [6.07, 6.45) is 1.02. The second-order valence-corrected chi connectivity index (χ2v) is 5.62. The number of aromatic nitrogens is 3. The summed E-state index contributed by atoms with van der Waals surface area (Å²) in [6.45, 7) is 4.91. The summed E-state index contributed by atoms with van der Waals surface area (Å²) in [4.78, 5) is 4.28. The van der Waals surface area contributed by atoms with Crippen molar-refractivity contribution in [2.75, 3.05) is 11.1 Å². The lowest BCUT2D eigenvalue weighted by molar-refractivity contribution is 0.605. The van der Waals surface area contributed by atoms with Crippen molar-refractivity contribution in [2.45, 2.75) is 26.8 Å². The number of nitrogens with zero attached hydrogens (tertiary/aromatic N) is 3. The minimum Gasteiger partial charge on any atom is -0.394 e. The van der Waals surface area contributed by atoms with Gasteiger partial charge in [0.15, 0.2) is 5.82 Å². The molecule has 0 saturated heterocycles. The maximum absolute atomic E-state index is 6.12. The molecular formula is C14H17N5S. The molecule has 2 heterocycles. The standard InChI is InChI=1S/C14H17N5S/c1-3-6-19-14(13(15)9(2)18-19)17-10-4-5-11-12(7-10)20-8-16-11/h4-5,7-8,17H,3,6,15H2,1-2H3. The van der Waals surface area contributed by atoms with Gasteiger partial charge in [-0.3, -0.25) is 0 Å². The molecule has 1 aromatic carbocycles. The molecule has 0 radical (unpaired) electrons. The number of nitrogen functional groups attached to an aromatic ring is 1. The predicted molar refractivity (Wildman–Crippen MR) is 84.6 cm³/mol. The number of hydrogen-bond acceptors (Lipinski definition) is 5. The summed E-state index contributed by atoms with van der Waals surface area (Å²) >= 11 is 1.63. The van der Waals surface area contributed by atoms with Gasteiger partial charge in [-0.05, 0) is 31.5 Å². The van der Waals surface area contributed by atoms with Crippen LogP contribution in [-0.4, -0.2) is 14.8 Å². The number of hydrogen-bond donors (Lipinski definition) is 2. The van der Waals surface area contributed by atoms with Gasteiger partial charge in [0.25, 0.3) is 0 Å². The Morgan fingerprint density at radius 1 is 1.40 bits per heavy atom. The highest BCUT2D eigenvalue weighted by Gasteiger charge is 2.12. The Labute approximate surface area is 121 Å². The molecule has 0 spiro atoms. The molecule has 104 valence electrons. The van der Waals surface area contributed by atoms with E-state index in [-0.39, 0.29) is 0 Å². The van der Waals surface area contributed by atoms with Gasteiger partial charge in [0.05, 0.1) is 27.1 Å². The molecule has 2 aromatic heterocycles. The van der Waals surface area contributed by atoms with Crippen molar-refractivity contribution >= 4 is 38.7 Å². The molecule has 0 aliphatic carbocycles.